The molecule has 1 aromatic heterocycles. The number of anilines is 5. The van der Waals surface area contributed by atoms with Crippen molar-refractivity contribution in [3.8, 4) is 33.4 Å². The van der Waals surface area contributed by atoms with Crippen LogP contribution in [-0.4, -0.2) is 6.85 Å². The second-order valence-corrected chi connectivity index (χ2v) is 22.9. The average Bonchev–Trinajstić information content (AvgIpc) is 3.93. The van der Waals surface area contributed by atoms with Crippen molar-refractivity contribution in [2.75, 3.05) is 9.71 Å². The van der Waals surface area contributed by atoms with E-state index in [4.69, 9.17) is 4.42 Å². The van der Waals surface area contributed by atoms with Gasteiger partial charge in [0.05, 0.1) is 11.1 Å². The van der Waals surface area contributed by atoms with Crippen LogP contribution in [0, 0.1) is 0 Å². The summed E-state index contributed by atoms with van der Waals surface area (Å²) in [5.41, 5.74) is 23.7. The largest absolute Gasteiger partial charge is 0.455 e. The minimum Gasteiger partial charge on any atom is -0.455 e. The molecule has 0 N–H and O–H groups in total. The molecule has 3 nitrogen and oxygen atoms in total. The van der Waals surface area contributed by atoms with Gasteiger partial charge in [-0.2, -0.15) is 0 Å². The van der Waals surface area contributed by atoms with E-state index < -0.39 is 5.41 Å². The van der Waals surface area contributed by atoms with Crippen LogP contribution < -0.4 is 20.6 Å². The summed E-state index contributed by atoms with van der Waals surface area (Å²) in [4.78, 5) is 10.5. The fourth-order valence-corrected chi connectivity index (χ4v) is 15.4. The Kier molecular flexibility index (Phi) is 8.06. The molecule has 1 aliphatic carbocycles. The molecule has 0 saturated carbocycles. The highest BCUT2D eigenvalue weighted by molar-refractivity contribution is 8.05. The molecule has 10 aromatic carbocycles. The van der Waals surface area contributed by atoms with Crippen molar-refractivity contribution in [2.24, 2.45) is 0 Å². The first-order valence-corrected chi connectivity index (χ1v) is 26.3. The van der Waals surface area contributed by atoms with Crippen molar-refractivity contribution >= 4 is 91.7 Å². The van der Waals surface area contributed by atoms with Crippen molar-refractivity contribution in [3.63, 3.8) is 0 Å². The Morgan fingerprint density at radius 1 is 0.465 bits per heavy atom. The molecule has 0 amide bonds. The molecule has 11 aromatic rings. The highest BCUT2D eigenvalue weighted by Crippen LogP contribution is 2.65. The second kappa shape index (κ2) is 14.3. The number of hydrogen-bond acceptors (Lipinski definition) is 5. The van der Waals surface area contributed by atoms with E-state index in [9.17, 15) is 0 Å². The van der Waals surface area contributed by atoms with Gasteiger partial charge in [0.15, 0.2) is 0 Å². The van der Waals surface area contributed by atoms with Gasteiger partial charge < -0.3 is 14.1 Å². The van der Waals surface area contributed by atoms with E-state index in [-0.39, 0.29) is 12.3 Å². The van der Waals surface area contributed by atoms with E-state index in [2.05, 4.69) is 237 Å². The minimum absolute atomic E-state index is 0.0537. The Balaban J connectivity index is 1.08. The van der Waals surface area contributed by atoms with Crippen LogP contribution in [0.15, 0.2) is 230 Å². The normalized spacial score (nSPS) is 14.9. The van der Waals surface area contributed by atoms with Crippen LogP contribution in [0.25, 0.3) is 55.3 Å². The van der Waals surface area contributed by atoms with Crippen LogP contribution in [0.1, 0.15) is 48.6 Å². The smallest absolute Gasteiger partial charge is 0.333 e. The standard InChI is InChI=1S/C65H43BN2OS2/c1-64(2,3)39-32-33-51(44(34-39)38-18-5-4-6-19-38)67-53-37-59-58(70-56-30-15-16-31-57(56)71-59)36-50(53)66-61-54(67)35-45-42-22-9-14-29-55(42)69-63(45)60(61)43-23-17-27-49-62(43)68(66)52-28-13-12-26-48(52)65(49)46-24-10-7-20-40(46)41-21-8-11-25-47(41)65/h4-37H,1-3H3. The van der Waals surface area contributed by atoms with Gasteiger partial charge in [-0.1, -0.05) is 196 Å². The Labute approximate surface area is 421 Å². The van der Waals surface area contributed by atoms with Crippen molar-refractivity contribution < 1.29 is 4.42 Å². The number of benzene rings is 10. The summed E-state index contributed by atoms with van der Waals surface area (Å²) < 4.78 is 7.27. The molecule has 0 unspecified atom stereocenters. The summed E-state index contributed by atoms with van der Waals surface area (Å²) in [5, 5.41) is 2.25. The Morgan fingerprint density at radius 2 is 1.10 bits per heavy atom. The molecule has 0 saturated heterocycles. The van der Waals surface area contributed by atoms with E-state index in [0.29, 0.717) is 0 Å². The van der Waals surface area contributed by atoms with E-state index in [1.54, 1.807) is 0 Å². The van der Waals surface area contributed by atoms with Gasteiger partial charge in [-0.15, -0.1) is 0 Å². The first kappa shape index (κ1) is 40.1. The minimum atomic E-state index is -0.553. The molecule has 0 atom stereocenters. The van der Waals surface area contributed by atoms with Crippen molar-refractivity contribution in [1.82, 2.24) is 0 Å². The number of furan rings is 1. The highest BCUT2D eigenvalue weighted by atomic mass is 32.2. The third kappa shape index (κ3) is 5.23. The van der Waals surface area contributed by atoms with Gasteiger partial charge in [0, 0.05) is 69.8 Å². The number of nitrogens with zero attached hydrogens (tertiary/aromatic N) is 2. The van der Waals surface area contributed by atoms with Gasteiger partial charge >= 0.3 is 6.85 Å². The van der Waals surface area contributed by atoms with Gasteiger partial charge in [-0.25, -0.2) is 0 Å². The highest BCUT2D eigenvalue weighted by Gasteiger charge is 2.57. The molecule has 0 radical (unpaired) electrons. The van der Waals surface area contributed by atoms with E-state index >= 15 is 0 Å². The van der Waals surface area contributed by atoms with Crippen LogP contribution in [0.3, 0.4) is 0 Å². The summed E-state index contributed by atoms with van der Waals surface area (Å²) in [6, 6.07) is 78.0. The lowest BCUT2D eigenvalue weighted by atomic mass is 9.42. The number of para-hydroxylation sites is 3. The first-order chi connectivity index (χ1) is 34.9. The molecule has 0 bridgehead atoms. The summed E-state index contributed by atoms with van der Waals surface area (Å²) in [6.07, 6.45) is 0. The van der Waals surface area contributed by atoms with Gasteiger partial charge in [0.2, 0.25) is 0 Å². The van der Waals surface area contributed by atoms with Crippen LogP contribution in [0.2, 0.25) is 0 Å². The monoisotopic (exact) mass is 942 g/mol. The maximum absolute atomic E-state index is 7.27. The molecule has 16 rings (SSSR count). The summed E-state index contributed by atoms with van der Waals surface area (Å²) >= 11 is 3.79. The molecule has 334 valence electrons. The lowest BCUT2D eigenvalue weighted by Gasteiger charge is -2.52. The van der Waals surface area contributed by atoms with Crippen LogP contribution in [0.4, 0.5) is 28.4 Å². The summed E-state index contributed by atoms with van der Waals surface area (Å²) in [7, 11) is 0. The second-order valence-electron chi connectivity index (χ2n) is 20.7. The molecule has 4 aliphatic heterocycles. The van der Waals surface area contributed by atoms with Gasteiger partial charge in [0.1, 0.15) is 11.2 Å². The average molecular weight is 943 g/mol. The van der Waals surface area contributed by atoms with Crippen LogP contribution >= 0.6 is 23.5 Å². The lowest BCUT2D eigenvalue weighted by Crippen LogP contribution is -2.63. The maximum Gasteiger partial charge on any atom is 0.333 e. The van der Waals surface area contributed by atoms with Crippen LogP contribution in [-0.2, 0) is 10.8 Å². The van der Waals surface area contributed by atoms with Crippen molar-refractivity contribution in [3.05, 3.63) is 234 Å². The Hall–Kier alpha value is -7.64. The Morgan fingerprint density at radius 3 is 1.86 bits per heavy atom. The van der Waals surface area contributed by atoms with E-state index in [1.165, 1.54) is 114 Å². The fraction of sp³-hybridized carbons (Fsp3) is 0.0769. The molecule has 0 fully saturated rings. The lowest BCUT2D eigenvalue weighted by molar-refractivity contribution is 0.590. The predicted octanol–water partition coefficient (Wildman–Crippen LogP) is 16.6. The quantitative estimate of drug-likeness (QED) is 0.160. The van der Waals surface area contributed by atoms with Gasteiger partial charge in [0.25, 0.3) is 0 Å². The zero-order chi connectivity index (χ0) is 46.9. The molecule has 71 heavy (non-hydrogen) atoms. The molecule has 6 heteroatoms. The SMILES string of the molecule is CC(C)(C)c1ccc(N2c3cc4c(cc3B3c5c2cc2c(oc6ccccc62)c5-c2cccc5c2N3c2ccccc2C52c3ccccc3-c3ccccc32)Sc2ccccc2S4)c(-c2ccccc2)c1. The zero-order valence-electron chi connectivity index (χ0n) is 39.3. The molecular formula is C65H43BN2OS2. The maximum atomic E-state index is 7.27. The first-order valence-electron chi connectivity index (χ1n) is 24.7. The van der Waals surface area contributed by atoms with Gasteiger partial charge in [-0.05, 0) is 115 Å². The molecular weight excluding hydrogens is 900 g/mol. The summed E-state index contributed by atoms with van der Waals surface area (Å²) in [5.74, 6) is 0. The van der Waals surface area contributed by atoms with Crippen LogP contribution in [0.5, 0.6) is 0 Å². The molecule has 5 heterocycles. The third-order valence-corrected chi connectivity index (χ3v) is 18.6. The predicted molar refractivity (Wildman–Crippen MR) is 297 cm³/mol. The van der Waals surface area contributed by atoms with Gasteiger partial charge in [-0.3, -0.25) is 0 Å². The third-order valence-electron chi connectivity index (χ3n) is 16.0. The number of hydrogen-bond donors (Lipinski definition) is 0. The van der Waals surface area contributed by atoms with Crippen molar-refractivity contribution in [1.29, 1.82) is 0 Å². The van der Waals surface area contributed by atoms with E-state index in [0.717, 1.165) is 27.6 Å². The number of rotatable bonds is 2. The summed E-state index contributed by atoms with van der Waals surface area (Å²) in [6.45, 7) is 6.75. The Bertz CT molecular complexity index is 4100. The zero-order valence-corrected chi connectivity index (χ0v) is 41.0. The van der Waals surface area contributed by atoms with Crippen molar-refractivity contribution in [2.45, 2.75) is 51.2 Å². The van der Waals surface area contributed by atoms with E-state index in [1.807, 2.05) is 23.5 Å². The molecule has 5 aliphatic rings. The topological polar surface area (TPSA) is 19.6 Å². The number of fused-ring (bicyclic) bond motifs is 19. The fourth-order valence-electron chi connectivity index (χ4n) is 13.1. The molecule has 1 spiro atoms.